The zero-order chi connectivity index (χ0) is 13.5. The third-order valence-corrected chi connectivity index (χ3v) is 3.60. The number of hydrogen-bond donors (Lipinski definition) is 2. The SMILES string of the molecule is CN(C(=O)O)C1COc2c(S(N)(=O)=O)cnn2C1. The van der Waals surface area contributed by atoms with Crippen LogP contribution in [0.4, 0.5) is 4.79 Å². The van der Waals surface area contributed by atoms with E-state index >= 15 is 0 Å². The fraction of sp³-hybridized carbons (Fsp3) is 0.500. The lowest BCUT2D eigenvalue weighted by Gasteiger charge is -2.29. The maximum Gasteiger partial charge on any atom is 0.407 e. The van der Waals surface area contributed by atoms with Crippen molar-refractivity contribution in [3.63, 3.8) is 0 Å². The van der Waals surface area contributed by atoms with E-state index in [1.165, 1.54) is 11.7 Å². The van der Waals surface area contributed by atoms with Gasteiger partial charge in [0.2, 0.25) is 15.9 Å². The Hall–Kier alpha value is -1.81. The Bertz CT molecular complexity index is 580. The summed E-state index contributed by atoms with van der Waals surface area (Å²) >= 11 is 0. The van der Waals surface area contributed by atoms with E-state index in [4.69, 9.17) is 15.0 Å². The molecule has 0 radical (unpaired) electrons. The summed E-state index contributed by atoms with van der Waals surface area (Å²) in [7, 11) is -2.49. The van der Waals surface area contributed by atoms with E-state index in [-0.39, 0.29) is 23.9 Å². The number of amides is 1. The number of fused-ring (bicyclic) bond motifs is 1. The number of sulfonamides is 1. The van der Waals surface area contributed by atoms with Crippen LogP contribution in [0.2, 0.25) is 0 Å². The van der Waals surface area contributed by atoms with Gasteiger partial charge in [-0.05, 0) is 0 Å². The molecule has 0 saturated carbocycles. The Labute approximate surface area is 103 Å². The second-order valence-electron chi connectivity index (χ2n) is 3.90. The minimum Gasteiger partial charge on any atom is -0.475 e. The largest absolute Gasteiger partial charge is 0.475 e. The van der Waals surface area contributed by atoms with Crippen molar-refractivity contribution in [2.24, 2.45) is 5.14 Å². The summed E-state index contributed by atoms with van der Waals surface area (Å²) in [5.74, 6) is 0.0486. The molecule has 1 unspecified atom stereocenters. The highest BCUT2D eigenvalue weighted by Gasteiger charge is 2.31. The molecule has 3 N–H and O–H groups in total. The number of nitrogens with zero attached hydrogens (tertiary/aromatic N) is 3. The number of nitrogens with two attached hydrogens (primary N) is 1. The first-order chi connectivity index (χ1) is 8.30. The van der Waals surface area contributed by atoms with Crippen molar-refractivity contribution in [1.82, 2.24) is 14.7 Å². The Balaban J connectivity index is 2.28. The Kier molecular flexibility index (Phi) is 2.91. The summed E-state index contributed by atoms with van der Waals surface area (Å²) < 4.78 is 29.0. The van der Waals surface area contributed by atoms with Gasteiger partial charge in [-0.3, -0.25) is 0 Å². The lowest BCUT2D eigenvalue weighted by molar-refractivity contribution is 0.0873. The van der Waals surface area contributed by atoms with Gasteiger partial charge >= 0.3 is 6.09 Å². The monoisotopic (exact) mass is 276 g/mol. The molecule has 0 saturated heterocycles. The average Bonchev–Trinajstić information content (AvgIpc) is 2.69. The Morgan fingerprint density at radius 1 is 1.72 bits per heavy atom. The number of aromatic nitrogens is 2. The summed E-state index contributed by atoms with van der Waals surface area (Å²) in [4.78, 5) is 11.7. The number of likely N-dealkylation sites (N-methyl/N-ethyl adjacent to an activating group) is 1. The quantitative estimate of drug-likeness (QED) is 0.705. The van der Waals surface area contributed by atoms with Crippen molar-refractivity contribution in [1.29, 1.82) is 0 Å². The van der Waals surface area contributed by atoms with E-state index < -0.39 is 22.2 Å². The van der Waals surface area contributed by atoms with E-state index in [1.54, 1.807) is 0 Å². The smallest absolute Gasteiger partial charge is 0.407 e. The van der Waals surface area contributed by atoms with E-state index in [0.29, 0.717) is 0 Å². The first-order valence-electron chi connectivity index (χ1n) is 4.98. The average molecular weight is 276 g/mol. The van der Waals surface area contributed by atoms with Crippen LogP contribution in [0.25, 0.3) is 0 Å². The number of carboxylic acid groups (broad SMARTS) is 1. The molecular weight excluding hydrogens is 264 g/mol. The van der Waals surface area contributed by atoms with Crippen LogP contribution in [0.15, 0.2) is 11.1 Å². The number of carbonyl (C=O) groups is 1. The highest BCUT2D eigenvalue weighted by Crippen LogP contribution is 2.26. The van der Waals surface area contributed by atoms with Crippen molar-refractivity contribution in [2.75, 3.05) is 13.7 Å². The highest BCUT2D eigenvalue weighted by molar-refractivity contribution is 7.89. The van der Waals surface area contributed by atoms with E-state index in [0.717, 1.165) is 11.1 Å². The molecule has 1 amide bonds. The number of primary sulfonamides is 1. The summed E-state index contributed by atoms with van der Waals surface area (Å²) in [6.07, 6.45) is -0.000696. The van der Waals surface area contributed by atoms with E-state index in [2.05, 4.69) is 5.10 Å². The molecule has 9 nitrogen and oxygen atoms in total. The third-order valence-electron chi connectivity index (χ3n) is 2.71. The van der Waals surface area contributed by atoms with Crippen molar-refractivity contribution in [2.45, 2.75) is 17.5 Å². The van der Waals surface area contributed by atoms with Crippen LogP contribution in [0.5, 0.6) is 5.88 Å². The molecule has 0 spiro atoms. The number of rotatable bonds is 2. The van der Waals surface area contributed by atoms with Gasteiger partial charge in [0.15, 0.2) is 4.90 Å². The van der Waals surface area contributed by atoms with Crippen molar-refractivity contribution < 1.29 is 23.1 Å². The lowest BCUT2D eigenvalue weighted by Crippen LogP contribution is -2.45. The maximum absolute atomic E-state index is 11.2. The third kappa shape index (κ3) is 2.11. The van der Waals surface area contributed by atoms with Crippen LogP contribution in [0.1, 0.15) is 0 Å². The molecule has 1 atom stereocenters. The molecule has 10 heteroatoms. The molecule has 1 aromatic rings. The molecule has 2 rings (SSSR count). The predicted molar refractivity (Wildman–Crippen MR) is 58.7 cm³/mol. The van der Waals surface area contributed by atoms with Gasteiger partial charge in [0.05, 0.1) is 18.8 Å². The van der Waals surface area contributed by atoms with Gasteiger partial charge in [0, 0.05) is 7.05 Å². The van der Waals surface area contributed by atoms with Crippen LogP contribution in [-0.4, -0.2) is 54.0 Å². The zero-order valence-electron chi connectivity index (χ0n) is 9.48. The van der Waals surface area contributed by atoms with Crippen LogP contribution in [-0.2, 0) is 16.6 Å². The van der Waals surface area contributed by atoms with Gasteiger partial charge in [0.25, 0.3) is 0 Å². The second kappa shape index (κ2) is 4.14. The van der Waals surface area contributed by atoms with Crippen LogP contribution >= 0.6 is 0 Å². The van der Waals surface area contributed by atoms with Crippen LogP contribution < -0.4 is 9.88 Å². The minimum absolute atomic E-state index is 0.0486. The predicted octanol–water partition coefficient (Wildman–Crippen LogP) is -1.10. The molecule has 100 valence electrons. The van der Waals surface area contributed by atoms with Gasteiger partial charge in [0.1, 0.15) is 6.61 Å². The molecule has 1 aromatic heterocycles. The normalized spacial score (nSPS) is 18.9. The van der Waals surface area contributed by atoms with Gasteiger partial charge < -0.3 is 14.7 Å². The van der Waals surface area contributed by atoms with Crippen LogP contribution in [0.3, 0.4) is 0 Å². The molecule has 1 aliphatic heterocycles. The van der Waals surface area contributed by atoms with Crippen molar-refractivity contribution in [3.8, 4) is 5.88 Å². The number of hydrogen-bond acceptors (Lipinski definition) is 5. The second-order valence-corrected chi connectivity index (χ2v) is 5.43. The summed E-state index contributed by atoms with van der Waals surface area (Å²) in [5.41, 5.74) is 0. The fourth-order valence-corrected chi connectivity index (χ4v) is 2.25. The minimum atomic E-state index is -3.89. The van der Waals surface area contributed by atoms with Gasteiger partial charge in [-0.1, -0.05) is 0 Å². The summed E-state index contributed by atoms with van der Waals surface area (Å²) in [6, 6.07) is -0.428. The highest BCUT2D eigenvalue weighted by atomic mass is 32.2. The van der Waals surface area contributed by atoms with E-state index in [1.807, 2.05) is 0 Å². The molecule has 0 aliphatic carbocycles. The maximum atomic E-state index is 11.2. The molecule has 0 aromatic carbocycles. The lowest BCUT2D eigenvalue weighted by atomic mass is 10.2. The molecule has 0 bridgehead atoms. The molecule has 18 heavy (non-hydrogen) atoms. The molecule has 2 heterocycles. The Morgan fingerprint density at radius 3 is 2.94 bits per heavy atom. The zero-order valence-corrected chi connectivity index (χ0v) is 10.3. The summed E-state index contributed by atoms with van der Waals surface area (Å²) in [5, 5.41) is 17.7. The molecular formula is C8H12N4O5S. The van der Waals surface area contributed by atoms with Gasteiger partial charge in [-0.25, -0.2) is 23.0 Å². The molecule has 0 fully saturated rings. The van der Waals surface area contributed by atoms with Crippen molar-refractivity contribution >= 4 is 16.1 Å². The standard InChI is InChI=1S/C8H12N4O5S/c1-11(8(13)14)5-3-12-7(17-4-5)6(2-10-12)18(9,15)16/h2,5H,3-4H2,1H3,(H,13,14)(H2,9,15,16). The van der Waals surface area contributed by atoms with Crippen LogP contribution in [0, 0.1) is 0 Å². The van der Waals surface area contributed by atoms with Crippen molar-refractivity contribution in [3.05, 3.63) is 6.20 Å². The van der Waals surface area contributed by atoms with Gasteiger partial charge in [-0.15, -0.1) is 0 Å². The summed E-state index contributed by atoms with van der Waals surface area (Å²) in [6.45, 7) is 0.269. The number of ether oxygens (including phenoxy) is 1. The van der Waals surface area contributed by atoms with E-state index in [9.17, 15) is 13.2 Å². The topological polar surface area (TPSA) is 128 Å². The Morgan fingerprint density at radius 2 is 2.39 bits per heavy atom. The molecule has 1 aliphatic rings. The first-order valence-corrected chi connectivity index (χ1v) is 6.52. The first kappa shape index (κ1) is 12.6. The fourth-order valence-electron chi connectivity index (χ4n) is 1.65. The van der Waals surface area contributed by atoms with Gasteiger partial charge in [-0.2, -0.15) is 5.10 Å².